The molecule has 3 aromatic rings. The highest BCUT2D eigenvalue weighted by molar-refractivity contribution is 5.76. The van der Waals surface area contributed by atoms with Crippen LogP contribution in [0.4, 0.5) is 0 Å². The Labute approximate surface area is 191 Å². The summed E-state index contributed by atoms with van der Waals surface area (Å²) in [6.07, 6.45) is 1.70. The number of nitrogens with one attached hydrogen (secondary N) is 1. The Kier molecular flexibility index (Phi) is 7.80. The largest absolute Gasteiger partial charge is 0.352 e. The van der Waals surface area contributed by atoms with Crippen LogP contribution in [0.1, 0.15) is 56.5 Å². The Morgan fingerprint density at radius 3 is 2.44 bits per heavy atom. The normalized spacial score (nSPS) is 11.7. The summed E-state index contributed by atoms with van der Waals surface area (Å²) in [4.78, 5) is 19.0. The van der Waals surface area contributed by atoms with Gasteiger partial charge in [0.2, 0.25) is 11.8 Å². The molecular weight excluding hydrogens is 400 g/mol. The van der Waals surface area contributed by atoms with E-state index in [9.17, 15) is 4.79 Å². The van der Waals surface area contributed by atoms with Crippen molar-refractivity contribution in [2.24, 2.45) is 0 Å². The van der Waals surface area contributed by atoms with E-state index in [1.807, 2.05) is 32.9 Å². The summed E-state index contributed by atoms with van der Waals surface area (Å²) >= 11 is 0. The molecule has 0 bridgehead atoms. The number of rotatable bonds is 9. The summed E-state index contributed by atoms with van der Waals surface area (Å²) in [6.45, 7) is 7.56. The third-order valence-electron chi connectivity index (χ3n) is 5.19. The zero-order chi connectivity index (χ0) is 23.1. The van der Waals surface area contributed by atoms with E-state index in [0.29, 0.717) is 37.5 Å². The number of carbonyl (C=O) groups excluding carboxylic acids is 1. The van der Waals surface area contributed by atoms with Gasteiger partial charge in [-0.15, -0.1) is 0 Å². The molecule has 1 aromatic heterocycles. The lowest BCUT2D eigenvalue weighted by Gasteiger charge is -2.13. The van der Waals surface area contributed by atoms with E-state index >= 15 is 0 Å². The molecule has 0 atom stereocenters. The molecule has 0 spiro atoms. The fraction of sp³-hybridized carbons (Fsp3) is 0.423. The van der Waals surface area contributed by atoms with E-state index in [2.05, 4.69) is 70.9 Å². The van der Waals surface area contributed by atoms with Crippen LogP contribution in [0, 0.1) is 0 Å². The van der Waals surface area contributed by atoms with Gasteiger partial charge in [0.25, 0.3) is 0 Å². The van der Waals surface area contributed by atoms with Crippen molar-refractivity contribution >= 4 is 5.91 Å². The van der Waals surface area contributed by atoms with Crippen LogP contribution < -0.4 is 5.32 Å². The third kappa shape index (κ3) is 6.76. The first-order valence-electron chi connectivity index (χ1n) is 11.1. The molecule has 0 aliphatic rings. The molecule has 0 aliphatic carbocycles. The smallest absolute Gasteiger partial charge is 0.226 e. The molecule has 1 heterocycles. The predicted molar refractivity (Wildman–Crippen MR) is 127 cm³/mol. The first kappa shape index (κ1) is 23.7. The van der Waals surface area contributed by atoms with E-state index in [1.165, 1.54) is 5.56 Å². The first-order chi connectivity index (χ1) is 15.2. The molecule has 1 N–H and O–H groups in total. The van der Waals surface area contributed by atoms with Crippen molar-refractivity contribution in [3.05, 3.63) is 71.4 Å². The number of nitrogens with zero attached hydrogens (tertiary/aromatic N) is 3. The van der Waals surface area contributed by atoms with Gasteiger partial charge in [0.1, 0.15) is 0 Å². The maximum Gasteiger partial charge on any atom is 0.226 e. The fourth-order valence-electron chi connectivity index (χ4n) is 3.45. The van der Waals surface area contributed by atoms with Crippen molar-refractivity contribution in [2.75, 3.05) is 14.1 Å². The van der Waals surface area contributed by atoms with Gasteiger partial charge in [0, 0.05) is 31.3 Å². The summed E-state index contributed by atoms with van der Waals surface area (Å²) in [5, 5.41) is 7.08. The van der Waals surface area contributed by atoms with Gasteiger partial charge in [0.05, 0.1) is 0 Å². The molecule has 170 valence electrons. The fourth-order valence-corrected chi connectivity index (χ4v) is 3.45. The lowest BCUT2D eigenvalue weighted by Crippen LogP contribution is -2.22. The Bertz CT molecular complexity index is 1020. The lowest BCUT2D eigenvalue weighted by molar-refractivity contribution is -0.121. The highest BCUT2D eigenvalue weighted by Crippen LogP contribution is 2.24. The Morgan fingerprint density at radius 2 is 1.78 bits per heavy atom. The molecule has 1 amide bonds. The average molecular weight is 435 g/mol. The SMILES string of the molecule is CN(C)Cc1ccc(-c2ccccc2CNC(=O)CCCc2nc(C(C)(C)C)no2)cc1. The average Bonchev–Trinajstić information content (AvgIpc) is 3.22. The maximum atomic E-state index is 12.4. The van der Waals surface area contributed by atoms with Crippen LogP contribution in [-0.4, -0.2) is 35.0 Å². The van der Waals surface area contributed by atoms with Crippen LogP contribution in [0.3, 0.4) is 0 Å². The highest BCUT2D eigenvalue weighted by Gasteiger charge is 2.20. The molecule has 6 heteroatoms. The van der Waals surface area contributed by atoms with Crippen molar-refractivity contribution in [3.8, 4) is 11.1 Å². The summed E-state index contributed by atoms with van der Waals surface area (Å²) < 4.78 is 5.30. The molecule has 0 unspecified atom stereocenters. The Hall–Kier alpha value is -2.99. The van der Waals surface area contributed by atoms with Crippen molar-refractivity contribution < 1.29 is 9.32 Å². The second-order valence-electron chi connectivity index (χ2n) is 9.48. The Morgan fingerprint density at radius 1 is 1.06 bits per heavy atom. The summed E-state index contributed by atoms with van der Waals surface area (Å²) in [6, 6.07) is 16.8. The zero-order valence-corrected chi connectivity index (χ0v) is 19.8. The molecule has 0 saturated heterocycles. The van der Waals surface area contributed by atoms with Gasteiger partial charge in [-0.1, -0.05) is 74.5 Å². The second-order valence-corrected chi connectivity index (χ2v) is 9.48. The molecule has 6 nitrogen and oxygen atoms in total. The monoisotopic (exact) mass is 434 g/mol. The molecule has 3 rings (SSSR count). The summed E-state index contributed by atoms with van der Waals surface area (Å²) in [7, 11) is 4.13. The number of hydrogen-bond acceptors (Lipinski definition) is 5. The van der Waals surface area contributed by atoms with Crippen molar-refractivity contribution in [2.45, 2.75) is 58.5 Å². The van der Waals surface area contributed by atoms with Gasteiger partial charge >= 0.3 is 0 Å². The lowest BCUT2D eigenvalue weighted by atomic mass is 9.96. The Balaban J connectivity index is 1.52. The molecule has 0 aliphatic heterocycles. The molecule has 32 heavy (non-hydrogen) atoms. The minimum absolute atomic E-state index is 0.0247. The third-order valence-corrected chi connectivity index (χ3v) is 5.19. The number of benzene rings is 2. The van der Waals surface area contributed by atoms with Crippen LogP contribution in [0.2, 0.25) is 0 Å². The summed E-state index contributed by atoms with van der Waals surface area (Å²) in [5.41, 5.74) is 4.54. The molecule has 0 radical (unpaired) electrons. The minimum atomic E-state index is -0.140. The van der Waals surface area contributed by atoms with E-state index in [4.69, 9.17) is 4.52 Å². The standard InChI is InChI=1S/C26H34N4O2/c1-26(2,3)25-28-24(32-29-25)12-8-11-23(31)27-17-21-9-6-7-10-22(21)20-15-13-19(14-16-20)18-30(4)5/h6-7,9-10,13-16H,8,11-12,17-18H2,1-5H3,(H,27,31). The second kappa shape index (κ2) is 10.6. The molecule has 2 aromatic carbocycles. The van der Waals surface area contributed by atoms with Crippen molar-refractivity contribution in [3.63, 3.8) is 0 Å². The van der Waals surface area contributed by atoms with Crippen LogP contribution >= 0.6 is 0 Å². The van der Waals surface area contributed by atoms with Crippen molar-refractivity contribution in [1.82, 2.24) is 20.4 Å². The van der Waals surface area contributed by atoms with Gasteiger partial charge < -0.3 is 14.7 Å². The topological polar surface area (TPSA) is 71.3 Å². The molecule has 0 fully saturated rings. The van der Waals surface area contributed by atoms with Crippen LogP contribution in [0.15, 0.2) is 53.1 Å². The van der Waals surface area contributed by atoms with Gasteiger partial charge in [-0.2, -0.15) is 4.98 Å². The van der Waals surface area contributed by atoms with Crippen LogP contribution in [0.25, 0.3) is 11.1 Å². The predicted octanol–water partition coefficient (Wildman–Crippen LogP) is 4.73. The maximum absolute atomic E-state index is 12.4. The van der Waals surface area contributed by atoms with E-state index in [0.717, 1.165) is 23.2 Å². The zero-order valence-electron chi connectivity index (χ0n) is 19.8. The summed E-state index contributed by atoms with van der Waals surface area (Å²) in [5.74, 6) is 1.31. The van der Waals surface area contributed by atoms with Crippen LogP contribution in [0.5, 0.6) is 0 Å². The van der Waals surface area contributed by atoms with Crippen molar-refractivity contribution in [1.29, 1.82) is 0 Å². The highest BCUT2D eigenvalue weighted by atomic mass is 16.5. The van der Waals surface area contributed by atoms with Gasteiger partial charge in [-0.3, -0.25) is 4.79 Å². The number of hydrogen-bond donors (Lipinski definition) is 1. The number of aryl methyl sites for hydroxylation is 1. The van der Waals surface area contributed by atoms with E-state index < -0.39 is 0 Å². The minimum Gasteiger partial charge on any atom is -0.352 e. The van der Waals surface area contributed by atoms with E-state index in [-0.39, 0.29) is 11.3 Å². The van der Waals surface area contributed by atoms with Gasteiger partial charge in [-0.05, 0) is 42.8 Å². The molecular formula is C26H34N4O2. The van der Waals surface area contributed by atoms with Gasteiger partial charge in [-0.25, -0.2) is 0 Å². The molecule has 0 saturated carbocycles. The quantitative estimate of drug-likeness (QED) is 0.527. The van der Waals surface area contributed by atoms with Gasteiger partial charge in [0.15, 0.2) is 5.82 Å². The number of aromatic nitrogens is 2. The number of amides is 1. The van der Waals surface area contributed by atoms with Crippen LogP contribution in [-0.2, 0) is 29.7 Å². The van der Waals surface area contributed by atoms with E-state index in [1.54, 1.807) is 0 Å². The first-order valence-corrected chi connectivity index (χ1v) is 11.1. The number of carbonyl (C=O) groups is 1.